The average molecular weight is 177 g/mol. The third-order valence-corrected chi connectivity index (χ3v) is 1.60. The highest BCUT2D eigenvalue weighted by molar-refractivity contribution is 5.59. The summed E-state index contributed by atoms with van der Waals surface area (Å²) in [6.07, 6.45) is 3.08. The van der Waals surface area contributed by atoms with Gasteiger partial charge in [0.1, 0.15) is 5.76 Å². The number of nitrogens with two attached hydrogens (primary N) is 1. The molecule has 0 amide bonds. The van der Waals surface area contributed by atoms with Gasteiger partial charge in [0.05, 0.1) is 23.7 Å². The van der Waals surface area contributed by atoms with E-state index in [1.807, 2.05) is 0 Å². The number of anilines is 1. The highest BCUT2D eigenvalue weighted by atomic mass is 16.5. The van der Waals surface area contributed by atoms with Gasteiger partial charge in [-0.25, -0.2) is 4.98 Å². The van der Waals surface area contributed by atoms with Crippen molar-refractivity contribution in [1.29, 1.82) is 0 Å². The highest BCUT2D eigenvalue weighted by Gasteiger charge is 2.07. The lowest BCUT2D eigenvalue weighted by Gasteiger charge is -1.95. The largest absolute Gasteiger partial charge is 0.366 e. The predicted octanol–water partition coefficient (Wildman–Crippen LogP) is 0.417. The van der Waals surface area contributed by atoms with Gasteiger partial charge < -0.3 is 10.3 Å². The molecule has 2 N–H and O–H groups in total. The lowest BCUT2D eigenvalue weighted by molar-refractivity contribution is 0.398. The normalized spacial score (nSPS) is 10.2. The number of aromatic nitrogens is 4. The van der Waals surface area contributed by atoms with Gasteiger partial charge in [-0.1, -0.05) is 5.16 Å². The van der Waals surface area contributed by atoms with E-state index >= 15 is 0 Å². The van der Waals surface area contributed by atoms with Crippen LogP contribution in [0, 0.1) is 6.92 Å². The van der Waals surface area contributed by atoms with E-state index in [1.165, 1.54) is 6.20 Å². The molecule has 0 radical (unpaired) electrons. The van der Waals surface area contributed by atoms with Gasteiger partial charge in [0.15, 0.2) is 0 Å². The molecule has 0 aliphatic carbocycles. The molecule has 0 fully saturated rings. The maximum absolute atomic E-state index is 5.38. The molecule has 0 saturated heterocycles. The summed E-state index contributed by atoms with van der Waals surface area (Å²) in [4.78, 5) is 3.98. The number of aryl methyl sites for hydroxylation is 1. The van der Waals surface area contributed by atoms with E-state index in [9.17, 15) is 0 Å². The Hall–Kier alpha value is -1.98. The molecule has 0 atom stereocenters. The minimum Gasteiger partial charge on any atom is -0.366 e. The minimum absolute atomic E-state index is 0.137. The summed E-state index contributed by atoms with van der Waals surface area (Å²) in [5.41, 5.74) is 6.78. The van der Waals surface area contributed by atoms with Crippen molar-refractivity contribution in [2.75, 3.05) is 5.73 Å². The van der Waals surface area contributed by atoms with Crippen LogP contribution in [0.4, 0.5) is 5.95 Å². The molecule has 6 heteroatoms. The zero-order valence-corrected chi connectivity index (χ0v) is 6.93. The Bertz CT molecular complexity index is 424. The minimum atomic E-state index is 0.137. The first-order chi connectivity index (χ1) is 6.27. The van der Waals surface area contributed by atoms with Crippen LogP contribution in [-0.2, 0) is 0 Å². The fourth-order valence-corrected chi connectivity index (χ4v) is 0.992. The second kappa shape index (κ2) is 2.81. The molecule has 0 unspecified atom stereocenters. The Balaban J connectivity index is 2.53. The Morgan fingerprint density at radius 2 is 2.23 bits per heavy atom. The smallest absolute Gasteiger partial charge is 0.240 e. The zero-order valence-electron chi connectivity index (χ0n) is 6.93. The van der Waals surface area contributed by atoms with Crippen molar-refractivity contribution in [2.24, 2.45) is 0 Å². The second-order valence-electron chi connectivity index (χ2n) is 2.50. The molecule has 0 aliphatic rings. The molecule has 0 aliphatic heterocycles. The maximum atomic E-state index is 5.38. The molecule has 2 aromatic rings. The summed E-state index contributed by atoms with van der Waals surface area (Å²) in [6.45, 7) is 1.79. The number of hydrogen-bond donors (Lipinski definition) is 1. The van der Waals surface area contributed by atoms with Crippen molar-refractivity contribution in [2.45, 2.75) is 6.92 Å². The van der Waals surface area contributed by atoms with Crippen molar-refractivity contribution in [3.05, 3.63) is 18.2 Å². The van der Waals surface area contributed by atoms with E-state index in [-0.39, 0.29) is 5.95 Å². The van der Waals surface area contributed by atoms with Crippen LogP contribution in [-0.4, -0.2) is 20.3 Å². The Morgan fingerprint density at radius 3 is 2.85 bits per heavy atom. The van der Waals surface area contributed by atoms with E-state index in [0.29, 0.717) is 11.5 Å². The van der Waals surface area contributed by atoms with Gasteiger partial charge in [-0.2, -0.15) is 5.10 Å². The van der Waals surface area contributed by atoms with Crippen LogP contribution >= 0.6 is 0 Å². The van der Waals surface area contributed by atoms with E-state index in [2.05, 4.69) is 20.3 Å². The molecule has 0 aromatic carbocycles. The molecule has 0 bridgehead atoms. The van der Waals surface area contributed by atoms with E-state index in [1.54, 1.807) is 13.1 Å². The third kappa shape index (κ3) is 1.33. The summed E-state index contributed by atoms with van der Waals surface area (Å²) in [5.74, 6) is 0.818. The summed E-state index contributed by atoms with van der Waals surface area (Å²) in [6, 6.07) is 0. The van der Waals surface area contributed by atoms with Crippen molar-refractivity contribution in [3.63, 3.8) is 0 Å². The maximum Gasteiger partial charge on any atom is 0.240 e. The molecule has 0 spiro atoms. The van der Waals surface area contributed by atoms with Crippen molar-refractivity contribution >= 4 is 5.95 Å². The third-order valence-electron chi connectivity index (χ3n) is 1.60. The number of nitrogens with zero attached hydrogens (tertiary/aromatic N) is 4. The summed E-state index contributed by atoms with van der Waals surface area (Å²) in [7, 11) is 0. The van der Waals surface area contributed by atoms with Crippen LogP contribution < -0.4 is 5.73 Å². The first kappa shape index (κ1) is 7.66. The number of nitrogen functional groups attached to an aromatic ring is 1. The van der Waals surface area contributed by atoms with Crippen LogP contribution in [0.1, 0.15) is 5.76 Å². The standard InChI is InChI=1S/C7H7N5O/c1-4-5(2-10-13-4)6-3-9-12-7(8)11-6/h2-3H,1H3,(H2,8,11,12). The van der Waals surface area contributed by atoms with Gasteiger partial charge >= 0.3 is 0 Å². The molecule has 2 rings (SSSR count). The molecule has 13 heavy (non-hydrogen) atoms. The fraction of sp³-hybridized carbons (Fsp3) is 0.143. The predicted molar refractivity (Wildman–Crippen MR) is 44.5 cm³/mol. The first-order valence-electron chi connectivity index (χ1n) is 3.64. The highest BCUT2D eigenvalue weighted by Crippen LogP contribution is 2.19. The number of rotatable bonds is 1. The molecular weight excluding hydrogens is 170 g/mol. The van der Waals surface area contributed by atoms with Gasteiger partial charge in [0.2, 0.25) is 5.95 Å². The topological polar surface area (TPSA) is 90.7 Å². The molecule has 2 aromatic heterocycles. The van der Waals surface area contributed by atoms with Crippen LogP contribution in [0.2, 0.25) is 0 Å². The van der Waals surface area contributed by atoms with Crippen LogP contribution in [0.5, 0.6) is 0 Å². The SMILES string of the molecule is Cc1oncc1-c1cnnc(N)n1. The number of hydrogen-bond acceptors (Lipinski definition) is 6. The summed E-state index contributed by atoms with van der Waals surface area (Å²) < 4.78 is 4.88. The lowest BCUT2D eigenvalue weighted by atomic mass is 10.2. The van der Waals surface area contributed by atoms with E-state index in [0.717, 1.165) is 5.56 Å². The van der Waals surface area contributed by atoms with Crippen LogP contribution in [0.3, 0.4) is 0 Å². The van der Waals surface area contributed by atoms with Crippen molar-refractivity contribution < 1.29 is 4.52 Å². The molecule has 66 valence electrons. The lowest BCUT2D eigenvalue weighted by Crippen LogP contribution is -1.97. The van der Waals surface area contributed by atoms with Crippen molar-refractivity contribution in [1.82, 2.24) is 20.3 Å². The zero-order chi connectivity index (χ0) is 9.26. The quantitative estimate of drug-likeness (QED) is 0.678. The van der Waals surface area contributed by atoms with Gasteiger partial charge in [0.25, 0.3) is 0 Å². The Morgan fingerprint density at radius 1 is 1.38 bits per heavy atom. The Labute approximate surface area is 73.8 Å². The van der Waals surface area contributed by atoms with Crippen LogP contribution in [0.15, 0.2) is 16.9 Å². The van der Waals surface area contributed by atoms with Gasteiger partial charge in [-0.05, 0) is 6.92 Å². The monoisotopic (exact) mass is 177 g/mol. The molecule has 6 nitrogen and oxygen atoms in total. The van der Waals surface area contributed by atoms with Crippen molar-refractivity contribution in [3.8, 4) is 11.3 Å². The first-order valence-corrected chi connectivity index (χ1v) is 3.64. The second-order valence-corrected chi connectivity index (χ2v) is 2.50. The molecular formula is C7H7N5O. The average Bonchev–Trinajstić information content (AvgIpc) is 2.51. The van der Waals surface area contributed by atoms with Crippen LogP contribution in [0.25, 0.3) is 11.3 Å². The fourth-order valence-electron chi connectivity index (χ4n) is 0.992. The Kier molecular flexibility index (Phi) is 1.66. The van der Waals surface area contributed by atoms with E-state index in [4.69, 9.17) is 10.3 Å². The van der Waals surface area contributed by atoms with Gasteiger partial charge in [-0.15, -0.1) is 5.10 Å². The summed E-state index contributed by atoms with van der Waals surface area (Å²) in [5, 5.41) is 10.8. The molecule has 0 saturated carbocycles. The van der Waals surface area contributed by atoms with Gasteiger partial charge in [0, 0.05) is 0 Å². The van der Waals surface area contributed by atoms with Gasteiger partial charge in [-0.3, -0.25) is 0 Å². The molecule has 2 heterocycles. The summed E-state index contributed by atoms with van der Waals surface area (Å²) >= 11 is 0. The van der Waals surface area contributed by atoms with E-state index < -0.39 is 0 Å².